The zero-order chi connectivity index (χ0) is 11.9. The number of ether oxygens (including phenoxy) is 1. The molecule has 88 valence electrons. The van der Waals surface area contributed by atoms with Crippen molar-refractivity contribution in [2.24, 2.45) is 0 Å². The number of hydrogen-bond donors (Lipinski definition) is 0. The van der Waals surface area contributed by atoms with Gasteiger partial charge in [-0.3, -0.25) is 4.79 Å². The summed E-state index contributed by atoms with van der Waals surface area (Å²) in [5.74, 6) is 1.33. The smallest absolute Gasteiger partial charge is 0.185 e. The van der Waals surface area contributed by atoms with Crippen molar-refractivity contribution in [3.05, 3.63) is 48.5 Å². The Morgan fingerprint density at radius 1 is 1.29 bits per heavy atom. The third-order valence-electron chi connectivity index (χ3n) is 2.41. The van der Waals surface area contributed by atoms with Gasteiger partial charge in [0.05, 0.1) is 6.61 Å². The van der Waals surface area contributed by atoms with Crippen molar-refractivity contribution < 1.29 is 9.53 Å². The molecule has 0 N–H and O–H groups in total. The lowest BCUT2D eigenvalue weighted by Gasteiger charge is -2.06. The maximum absolute atomic E-state index is 10.6. The fraction of sp³-hybridized carbons (Fsp3) is 0.231. The van der Waals surface area contributed by atoms with E-state index >= 15 is 0 Å². The van der Waals surface area contributed by atoms with E-state index in [2.05, 4.69) is 4.98 Å². The van der Waals surface area contributed by atoms with E-state index in [0.29, 0.717) is 12.4 Å². The van der Waals surface area contributed by atoms with Crippen LogP contribution in [0, 0.1) is 0 Å². The molecule has 0 saturated heterocycles. The summed E-state index contributed by atoms with van der Waals surface area (Å²) in [6.45, 7) is 1.36. The topological polar surface area (TPSA) is 44.1 Å². The predicted octanol–water partition coefficient (Wildman–Crippen LogP) is 2.16. The van der Waals surface area contributed by atoms with Gasteiger partial charge < -0.3 is 9.30 Å². The monoisotopic (exact) mass is 230 g/mol. The van der Waals surface area contributed by atoms with E-state index in [1.54, 1.807) is 12.4 Å². The van der Waals surface area contributed by atoms with Crippen LogP contribution in [0.4, 0.5) is 0 Å². The molecule has 4 heteroatoms. The Balaban J connectivity index is 1.75. The lowest BCUT2D eigenvalue weighted by molar-refractivity contribution is 0.111. The van der Waals surface area contributed by atoms with Crippen LogP contribution in [-0.2, 0) is 6.54 Å². The molecule has 0 atom stereocenters. The number of rotatable bonds is 6. The molecule has 0 fully saturated rings. The zero-order valence-electron chi connectivity index (χ0n) is 9.45. The third-order valence-corrected chi connectivity index (χ3v) is 2.41. The Kier molecular flexibility index (Phi) is 3.91. The minimum Gasteiger partial charge on any atom is -0.494 e. The molecular weight excluding hydrogens is 216 g/mol. The minimum atomic E-state index is 0.463. The van der Waals surface area contributed by atoms with E-state index in [1.165, 1.54) is 0 Å². The van der Waals surface area contributed by atoms with Crippen LogP contribution in [0.15, 0.2) is 42.7 Å². The van der Waals surface area contributed by atoms with E-state index in [1.807, 2.05) is 34.9 Å². The van der Waals surface area contributed by atoms with Crippen molar-refractivity contribution in [1.82, 2.24) is 9.55 Å². The molecule has 1 aromatic heterocycles. The van der Waals surface area contributed by atoms with Gasteiger partial charge in [0.2, 0.25) is 0 Å². The SMILES string of the molecule is O=Cc1nccn1CCCOc1ccccc1. The summed E-state index contributed by atoms with van der Waals surface area (Å²) >= 11 is 0. The average Bonchev–Trinajstić information content (AvgIpc) is 2.83. The highest BCUT2D eigenvalue weighted by atomic mass is 16.5. The number of aromatic nitrogens is 2. The highest BCUT2D eigenvalue weighted by Crippen LogP contribution is 2.08. The lowest BCUT2D eigenvalue weighted by atomic mass is 10.3. The summed E-state index contributed by atoms with van der Waals surface area (Å²) in [6, 6.07) is 9.68. The van der Waals surface area contributed by atoms with Crippen molar-refractivity contribution >= 4 is 6.29 Å². The summed E-state index contributed by atoms with van der Waals surface area (Å²) in [5, 5.41) is 0. The van der Waals surface area contributed by atoms with Gasteiger partial charge in [0.1, 0.15) is 5.75 Å². The molecule has 0 bridgehead atoms. The fourth-order valence-electron chi connectivity index (χ4n) is 1.57. The van der Waals surface area contributed by atoms with Crippen molar-refractivity contribution in [3.8, 4) is 5.75 Å². The van der Waals surface area contributed by atoms with Gasteiger partial charge in [-0.2, -0.15) is 0 Å². The molecule has 4 nitrogen and oxygen atoms in total. The number of aryl methyl sites for hydroxylation is 1. The van der Waals surface area contributed by atoms with Crippen LogP contribution in [0.3, 0.4) is 0 Å². The van der Waals surface area contributed by atoms with E-state index < -0.39 is 0 Å². The van der Waals surface area contributed by atoms with Gasteiger partial charge in [-0.25, -0.2) is 4.98 Å². The molecule has 2 aromatic rings. The summed E-state index contributed by atoms with van der Waals surface area (Å²) in [5.41, 5.74) is 0. The number of aldehydes is 1. The number of hydrogen-bond acceptors (Lipinski definition) is 3. The van der Waals surface area contributed by atoms with Gasteiger partial charge in [-0.1, -0.05) is 18.2 Å². The van der Waals surface area contributed by atoms with Crippen LogP contribution >= 0.6 is 0 Å². The van der Waals surface area contributed by atoms with Crippen LogP contribution in [0.2, 0.25) is 0 Å². The standard InChI is InChI=1S/C13H14N2O2/c16-11-13-14-7-9-15(13)8-4-10-17-12-5-2-1-3-6-12/h1-3,5-7,9,11H,4,8,10H2. The van der Waals surface area contributed by atoms with Gasteiger partial charge in [0, 0.05) is 18.9 Å². The van der Waals surface area contributed by atoms with Crippen molar-refractivity contribution in [2.75, 3.05) is 6.61 Å². The molecule has 0 aliphatic carbocycles. The fourth-order valence-corrected chi connectivity index (χ4v) is 1.57. The molecule has 0 radical (unpaired) electrons. The first kappa shape index (κ1) is 11.4. The van der Waals surface area contributed by atoms with Gasteiger partial charge in [0.25, 0.3) is 0 Å². The number of benzene rings is 1. The first-order chi connectivity index (χ1) is 8.40. The summed E-state index contributed by atoms with van der Waals surface area (Å²) in [7, 11) is 0. The molecule has 0 amide bonds. The molecule has 2 rings (SSSR count). The number of imidazole rings is 1. The number of nitrogens with zero attached hydrogens (tertiary/aromatic N) is 2. The van der Waals surface area contributed by atoms with E-state index in [9.17, 15) is 4.79 Å². The molecular formula is C13H14N2O2. The highest BCUT2D eigenvalue weighted by Gasteiger charge is 2.00. The Hall–Kier alpha value is -2.10. The molecule has 1 heterocycles. The predicted molar refractivity (Wildman–Crippen MR) is 64.2 cm³/mol. The van der Waals surface area contributed by atoms with Gasteiger partial charge >= 0.3 is 0 Å². The van der Waals surface area contributed by atoms with Gasteiger partial charge in [-0.15, -0.1) is 0 Å². The van der Waals surface area contributed by atoms with E-state index in [-0.39, 0.29) is 0 Å². The van der Waals surface area contributed by atoms with Crippen molar-refractivity contribution in [1.29, 1.82) is 0 Å². The molecule has 1 aromatic carbocycles. The van der Waals surface area contributed by atoms with Crippen LogP contribution in [0.25, 0.3) is 0 Å². The summed E-state index contributed by atoms with van der Waals surface area (Å²) in [6.07, 6.45) is 5.03. The molecule has 0 aliphatic rings. The Morgan fingerprint density at radius 2 is 2.12 bits per heavy atom. The van der Waals surface area contributed by atoms with Gasteiger partial charge in [0.15, 0.2) is 12.1 Å². The van der Waals surface area contributed by atoms with Crippen LogP contribution in [-0.4, -0.2) is 22.4 Å². The maximum atomic E-state index is 10.6. The molecule has 0 unspecified atom stereocenters. The van der Waals surface area contributed by atoms with E-state index in [4.69, 9.17) is 4.74 Å². The van der Waals surface area contributed by atoms with Crippen LogP contribution in [0.1, 0.15) is 17.0 Å². The quantitative estimate of drug-likeness (QED) is 0.564. The second-order valence-electron chi connectivity index (χ2n) is 3.61. The molecule has 0 saturated carbocycles. The van der Waals surface area contributed by atoms with Gasteiger partial charge in [-0.05, 0) is 18.6 Å². The molecule has 0 aliphatic heterocycles. The first-order valence-corrected chi connectivity index (χ1v) is 5.54. The van der Waals surface area contributed by atoms with Crippen molar-refractivity contribution in [3.63, 3.8) is 0 Å². The Bertz CT molecular complexity index is 465. The summed E-state index contributed by atoms with van der Waals surface area (Å²) < 4.78 is 7.38. The second-order valence-corrected chi connectivity index (χ2v) is 3.61. The third kappa shape index (κ3) is 3.17. The second kappa shape index (κ2) is 5.84. The average molecular weight is 230 g/mol. The van der Waals surface area contributed by atoms with Crippen LogP contribution in [0.5, 0.6) is 5.75 Å². The Morgan fingerprint density at radius 3 is 2.88 bits per heavy atom. The zero-order valence-corrected chi connectivity index (χ0v) is 9.45. The minimum absolute atomic E-state index is 0.463. The largest absolute Gasteiger partial charge is 0.494 e. The van der Waals surface area contributed by atoms with Crippen molar-refractivity contribution in [2.45, 2.75) is 13.0 Å². The Labute approximate surface area is 99.9 Å². The normalized spacial score (nSPS) is 10.1. The van der Waals surface area contributed by atoms with Crippen LogP contribution < -0.4 is 4.74 Å². The molecule has 17 heavy (non-hydrogen) atoms. The number of carbonyl (C=O) groups is 1. The number of para-hydroxylation sites is 1. The van der Waals surface area contributed by atoms with E-state index in [0.717, 1.165) is 25.0 Å². The lowest BCUT2D eigenvalue weighted by Crippen LogP contribution is -2.06. The first-order valence-electron chi connectivity index (χ1n) is 5.54. The summed E-state index contributed by atoms with van der Waals surface area (Å²) in [4.78, 5) is 14.6. The molecule has 0 spiro atoms. The highest BCUT2D eigenvalue weighted by molar-refractivity contribution is 5.69. The number of carbonyl (C=O) groups excluding carboxylic acids is 1. The maximum Gasteiger partial charge on any atom is 0.185 e.